The summed E-state index contributed by atoms with van der Waals surface area (Å²) >= 11 is 8.07. The zero-order valence-electron chi connectivity index (χ0n) is 23.8. The highest BCUT2D eigenvalue weighted by Crippen LogP contribution is 2.36. The molecule has 1 aromatic heterocycles. The van der Waals surface area contributed by atoms with Crippen molar-refractivity contribution >= 4 is 51.5 Å². The molecule has 0 spiro atoms. The maximum absolute atomic E-state index is 11.9. The molecule has 8 nitrogen and oxygen atoms in total. The maximum Gasteiger partial charge on any atom is 0.318 e. The lowest BCUT2D eigenvalue weighted by molar-refractivity contribution is -0.116. The number of fused-ring (bicyclic) bond motifs is 2. The van der Waals surface area contributed by atoms with Crippen molar-refractivity contribution in [3.05, 3.63) is 64.2 Å². The van der Waals surface area contributed by atoms with Crippen molar-refractivity contribution in [2.75, 3.05) is 70.0 Å². The third kappa shape index (κ3) is 7.59. The maximum atomic E-state index is 11.9. The van der Waals surface area contributed by atoms with Gasteiger partial charge in [-0.3, -0.25) is 4.79 Å². The van der Waals surface area contributed by atoms with E-state index in [1.165, 1.54) is 43.8 Å². The van der Waals surface area contributed by atoms with Gasteiger partial charge in [-0.2, -0.15) is 9.97 Å². The van der Waals surface area contributed by atoms with Gasteiger partial charge in [0.05, 0.1) is 24.4 Å². The van der Waals surface area contributed by atoms with Crippen molar-refractivity contribution in [2.24, 2.45) is 0 Å². The fourth-order valence-corrected chi connectivity index (χ4v) is 5.60. The highest BCUT2D eigenvalue weighted by atomic mass is 35.5. The van der Waals surface area contributed by atoms with Crippen LogP contribution in [0.25, 0.3) is 10.8 Å². The summed E-state index contributed by atoms with van der Waals surface area (Å²) in [5.41, 5.74) is 3.15. The van der Waals surface area contributed by atoms with Crippen LogP contribution in [-0.4, -0.2) is 81.0 Å². The number of hydrogen-bond donors (Lipinski definition) is 1. The molecule has 0 atom stereocenters. The Morgan fingerprint density at radius 3 is 2.60 bits per heavy atom. The van der Waals surface area contributed by atoms with Gasteiger partial charge in [0.15, 0.2) is 0 Å². The summed E-state index contributed by atoms with van der Waals surface area (Å²) in [5.74, 6) is 0.737. The molecule has 10 heteroatoms. The Labute approximate surface area is 246 Å². The second kappa shape index (κ2) is 14.6. The van der Waals surface area contributed by atoms with Gasteiger partial charge in [0.1, 0.15) is 5.82 Å². The number of hydrogen-bond acceptors (Lipinski definition) is 8. The van der Waals surface area contributed by atoms with Crippen LogP contribution >= 0.6 is 23.4 Å². The number of halogens is 1. The first-order chi connectivity index (χ1) is 19.4. The number of nitrogens with zero attached hydrogens (tertiary/aromatic N) is 5. The number of rotatable bonds is 8. The molecule has 1 N–H and O–H groups in total. The lowest BCUT2D eigenvalue weighted by Crippen LogP contribution is -2.36. The number of ether oxygens (including phenoxy) is 1. The van der Waals surface area contributed by atoms with E-state index < -0.39 is 0 Å². The Kier molecular flexibility index (Phi) is 10.9. The minimum atomic E-state index is -0.102. The molecule has 0 saturated carbocycles. The molecule has 2 aliphatic heterocycles. The normalized spacial score (nSPS) is 15.1. The van der Waals surface area contributed by atoms with E-state index >= 15 is 0 Å². The summed E-state index contributed by atoms with van der Waals surface area (Å²) in [5, 5.41) is 7.58. The molecule has 214 valence electrons. The van der Waals surface area contributed by atoms with E-state index in [0.717, 1.165) is 51.5 Å². The van der Waals surface area contributed by atoms with E-state index in [-0.39, 0.29) is 5.91 Å². The molecule has 2 aromatic carbocycles. The van der Waals surface area contributed by atoms with Crippen LogP contribution in [0.2, 0.25) is 5.02 Å². The second-order valence-electron chi connectivity index (χ2n) is 10.0. The first kappa shape index (κ1) is 30.0. The van der Waals surface area contributed by atoms with Crippen LogP contribution in [-0.2, 0) is 17.8 Å². The molecule has 2 aliphatic rings. The average Bonchev–Trinajstić information content (AvgIpc) is 3.46. The van der Waals surface area contributed by atoms with E-state index in [4.69, 9.17) is 16.3 Å². The summed E-state index contributed by atoms with van der Waals surface area (Å²) in [4.78, 5) is 27.9. The van der Waals surface area contributed by atoms with Crippen molar-refractivity contribution < 1.29 is 9.53 Å². The fourth-order valence-electron chi connectivity index (χ4n) is 5.06. The number of nitrogens with one attached hydrogen (secondary N) is 1. The van der Waals surface area contributed by atoms with Gasteiger partial charge < -0.3 is 24.8 Å². The van der Waals surface area contributed by atoms with Crippen molar-refractivity contribution in [1.29, 1.82) is 0 Å². The van der Waals surface area contributed by atoms with Gasteiger partial charge in [-0.25, -0.2) is 0 Å². The second-order valence-corrected chi connectivity index (χ2v) is 11.2. The van der Waals surface area contributed by atoms with E-state index in [0.29, 0.717) is 25.6 Å². The summed E-state index contributed by atoms with van der Waals surface area (Å²) < 4.78 is 5.42. The molecule has 40 heavy (non-hydrogen) atoms. The first-order valence-corrected chi connectivity index (χ1v) is 15.3. The Balaban J connectivity index is 0.000000546. The summed E-state index contributed by atoms with van der Waals surface area (Å²) in [6.07, 6.45) is 7.07. The summed E-state index contributed by atoms with van der Waals surface area (Å²) in [6, 6.07) is 12.6. The molecule has 1 amide bonds. The van der Waals surface area contributed by atoms with Crippen LogP contribution in [0.1, 0.15) is 24.1 Å². The van der Waals surface area contributed by atoms with Crippen LogP contribution in [0.5, 0.6) is 6.01 Å². The molecule has 1 fully saturated rings. The van der Waals surface area contributed by atoms with Gasteiger partial charge in [0.2, 0.25) is 5.91 Å². The number of carbonyl (C=O) groups is 1. The molecule has 5 rings (SSSR count). The standard InChI is InChI=1S/C25H28ClN5O2S.C5H11N/c1-30(14-12-27-22(32)11-15-34-3)24-18-10-13-31(16-20(18)28-25(29-24)33-2)21-9-5-7-17-6-4-8-19(26)23(17)21;1-6-4-2-3-5-6/h4-9,11,15H,10,12-14,16H2,1-3H3,(H,27,32);2-5H2,1H3/b15-11+;. The molecule has 1 saturated heterocycles. The Bertz CT molecular complexity index is 1330. The molecule has 3 aromatic rings. The molecule has 0 radical (unpaired) electrons. The van der Waals surface area contributed by atoms with Crippen molar-refractivity contribution in [2.45, 2.75) is 25.8 Å². The van der Waals surface area contributed by atoms with Crippen molar-refractivity contribution in [3.63, 3.8) is 0 Å². The highest BCUT2D eigenvalue weighted by Gasteiger charge is 2.26. The third-order valence-electron chi connectivity index (χ3n) is 7.17. The first-order valence-electron chi connectivity index (χ1n) is 13.6. The largest absolute Gasteiger partial charge is 0.467 e. The molecule has 0 bridgehead atoms. The Hall–Kier alpha value is -3.01. The SMILES string of the molecule is CN1CCCC1.COc1nc2c(c(N(C)CCNC(=O)/C=C/SC)n1)CCN(c1cccc3cccc(Cl)c13)C2. The molecule has 3 heterocycles. The fraction of sp³-hybridized carbons (Fsp3) is 0.433. The van der Waals surface area contributed by atoms with E-state index in [1.807, 2.05) is 30.3 Å². The zero-order valence-corrected chi connectivity index (χ0v) is 25.4. The number of amides is 1. The number of aromatic nitrogens is 2. The molecule has 0 aliphatic carbocycles. The minimum Gasteiger partial charge on any atom is -0.467 e. The summed E-state index contributed by atoms with van der Waals surface area (Å²) in [6.45, 7) is 5.23. The monoisotopic (exact) mass is 582 g/mol. The number of likely N-dealkylation sites (tertiary alicyclic amines) is 1. The van der Waals surface area contributed by atoms with Gasteiger partial charge in [-0.15, -0.1) is 11.8 Å². The van der Waals surface area contributed by atoms with E-state index in [9.17, 15) is 4.79 Å². The predicted molar refractivity (Wildman–Crippen MR) is 168 cm³/mol. The number of anilines is 2. The molecular weight excluding hydrogens is 544 g/mol. The lowest BCUT2D eigenvalue weighted by Gasteiger charge is -2.33. The quantitative estimate of drug-likeness (QED) is 0.372. The lowest BCUT2D eigenvalue weighted by atomic mass is 10.0. The van der Waals surface area contributed by atoms with Gasteiger partial charge in [0, 0.05) is 49.4 Å². The highest BCUT2D eigenvalue weighted by molar-refractivity contribution is 8.01. The average molecular weight is 583 g/mol. The van der Waals surface area contributed by atoms with Gasteiger partial charge >= 0.3 is 6.01 Å². The predicted octanol–water partition coefficient (Wildman–Crippen LogP) is 5.00. The van der Waals surface area contributed by atoms with Crippen LogP contribution in [0, 0.1) is 0 Å². The number of likely N-dealkylation sites (N-methyl/N-ethyl adjacent to an activating group) is 1. The van der Waals surface area contributed by atoms with Gasteiger partial charge in [0.25, 0.3) is 0 Å². The van der Waals surface area contributed by atoms with Crippen molar-refractivity contribution in [1.82, 2.24) is 20.2 Å². The number of benzene rings is 2. The van der Waals surface area contributed by atoms with Gasteiger partial charge in [-0.05, 0) is 68.6 Å². The van der Waals surface area contributed by atoms with Crippen LogP contribution in [0.4, 0.5) is 11.5 Å². The summed E-state index contributed by atoms with van der Waals surface area (Å²) in [7, 11) is 5.73. The minimum absolute atomic E-state index is 0.102. The topological polar surface area (TPSA) is 73.8 Å². The number of carbonyl (C=O) groups excluding carboxylic acids is 1. The van der Waals surface area contributed by atoms with Crippen molar-refractivity contribution in [3.8, 4) is 6.01 Å². The smallest absolute Gasteiger partial charge is 0.318 e. The third-order valence-corrected chi connectivity index (χ3v) is 7.89. The van der Waals surface area contributed by atoms with E-state index in [2.05, 4.69) is 56.4 Å². The number of methoxy groups -OCH3 is 1. The molecular formula is C30H39ClN6O2S. The van der Waals surface area contributed by atoms with Crippen LogP contribution in [0.15, 0.2) is 47.9 Å². The van der Waals surface area contributed by atoms with Gasteiger partial charge in [-0.1, -0.05) is 35.9 Å². The zero-order chi connectivity index (χ0) is 28.5. The van der Waals surface area contributed by atoms with Crippen LogP contribution in [0.3, 0.4) is 0 Å². The van der Waals surface area contributed by atoms with Crippen LogP contribution < -0.4 is 19.9 Å². The van der Waals surface area contributed by atoms with E-state index in [1.54, 1.807) is 12.5 Å². The molecule has 0 unspecified atom stereocenters. The Morgan fingerprint density at radius 2 is 1.93 bits per heavy atom. The number of thioether (sulfide) groups is 1. The Morgan fingerprint density at radius 1 is 1.18 bits per heavy atom.